The molecule has 0 saturated heterocycles. The van der Waals surface area contributed by atoms with Gasteiger partial charge in [-0.3, -0.25) is 4.79 Å². The van der Waals surface area contributed by atoms with Crippen LogP contribution in [0.3, 0.4) is 0 Å². The summed E-state index contributed by atoms with van der Waals surface area (Å²) in [4.78, 5) is 13.4. The van der Waals surface area contributed by atoms with Gasteiger partial charge in [-0.05, 0) is 24.1 Å². The van der Waals surface area contributed by atoms with Gasteiger partial charge in [0, 0.05) is 19.2 Å². The first-order chi connectivity index (χ1) is 7.50. The minimum absolute atomic E-state index is 0.0326. The van der Waals surface area contributed by atoms with Crippen LogP contribution in [0, 0.1) is 0 Å². The van der Waals surface area contributed by atoms with Crippen molar-refractivity contribution >= 4 is 34.2 Å². The molecule has 1 aromatic rings. The standard InChI is InChI=1S/C10H11ClN2O2S/c1-6(14)13-3-2-7-4-8(11)10(16(12)15)5-9(7)13/h4-5H,2-3,12H2,1H3. The molecule has 1 unspecified atom stereocenters. The number of hydrogen-bond donors (Lipinski definition) is 1. The minimum atomic E-state index is -1.63. The number of carbonyl (C=O) groups is 1. The summed E-state index contributed by atoms with van der Waals surface area (Å²) in [5.41, 5.74) is 1.76. The Kier molecular flexibility index (Phi) is 3.01. The average molecular weight is 259 g/mol. The highest BCUT2D eigenvalue weighted by Crippen LogP contribution is 2.33. The summed E-state index contributed by atoms with van der Waals surface area (Å²) in [6.45, 7) is 2.14. The predicted molar refractivity (Wildman–Crippen MR) is 63.8 cm³/mol. The molecule has 0 bridgehead atoms. The van der Waals surface area contributed by atoms with Crippen molar-refractivity contribution in [2.45, 2.75) is 18.2 Å². The first-order valence-corrected chi connectivity index (χ1v) is 6.36. The van der Waals surface area contributed by atoms with Crippen LogP contribution in [0.2, 0.25) is 5.02 Å². The summed E-state index contributed by atoms with van der Waals surface area (Å²) in [6, 6.07) is 3.38. The van der Waals surface area contributed by atoms with Crippen molar-refractivity contribution in [3.8, 4) is 0 Å². The Labute approximate surface area is 101 Å². The monoisotopic (exact) mass is 258 g/mol. The molecule has 0 radical (unpaired) electrons. The largest absolute Gasteiger partial charge is 0.312 e. The highest BCUT2D eigenvalue weighted by Gasteiger charge is 2.24. The Morgan fingerprint density at radius 2 is 2.25 bits per heavy atom. The van der Waals surface area contributed by atoms with E-state index in [1.807, 2.05) is 0 Å². The van der Waals surface area contributed by atoms with Crippen LogP contribution >= 0.6 is 11.6 Å². The molecular weight excluding hydrogens is 248 g/mol. The van der Waals surface area contributed by atoms with Gasteiger partial charge in [0.1, 0.15) is 11.0 Å². The quantitative estimate of drug-likeness (QED) is 0.824. The highest BCUT2D eigenvalue weighted by molar-refractivity contribution is 7.82. The lowest BCUT2D eigenvalue weighted by atomic mass is 10.2. The van der Waals surface area contributed by atoms with Gasteiger partial charge in [0.05, 0.1) is 9.92 Å². The number of fused-ring (bicyclic) bond motifs is 1. The number of nitrogens with zero attached hydrogens (tertiary/aromatic N) is 1. The van der Waals surface area contributed by atoms with Crippen molar-refractivity contribution in [3.63, 3.8) is 0 Å². The van der Waals surface area contributed by atoms with Crippen molar-refractivity contribution in [1.29, 1.82) is 0 Å². The zero-order valence-electron chi connectivity index (χ0n) is 8.70. The second kappa shape index (κ2) is 4.16. The highest BCUT2D eigenvalue weighted by atomic mass is 35.5. The fourth-order valence-corrected chi connectivity index (χ4v) is 2.76. The molecule has 0 fully saturated rings. The van der Waals surface area contributed by atoms with Crippen LogP contribution in [0.25, 0.3) is 0 Å². The van der Waals surface area contributed by atoms with Crippen LogP contribution in [0.4, 0.5) is 5.69 Å². The van der Waals surface area contributed by atoms with E-state index in [0.29, 0.717) is 16.5 Å². The SMILES string of the molecule is CC(=O)N1CCc2cc(Cl)c(S(N)=O)cc21. The third-order valence-electron chi connectivity index (χ3n) is 2.63. The lowest BCUT2D eigenvalue weighted by Gasteiger charge is -2.15. The van der Waals surface area contributed by atoms with Gasteiger partial charge in [-0.2, -0.15) is 0 Å². The van der Waals surface area contributed by atoms with Gasteiger partial charge >= 0.3 is 0 Å². The zero-order valence-corrected chi connectivity index (χ0v) is 10.3. The van der Waals surface area contributed by atoms with Crippen molar-refractivity contribution in [3.05, 3.63) is 22.7 Å². The van der Waals surface area contributed by atoms with Crippen LogP contribution in [-0.2, 0) is 22.2 Å². The van der Waals surface area contributed by atoms with Gasteiger partial charge in [-0.15, -0.1) is 0 Å². The van der Waals surface area contributed by atoms with E-state index in [1.54, 1.807) is 17.0 Å². The van der Waals surface area contributed by atoms with Crippen molar-refractivity contribution in [2.75, 3.05) is 11.4 Å². The molecule has 1 atom stereocenters. The third-order valence-corrected chi connectivity index (χ3v) is 3.82. The Morgan fingerprint density at radius 3 is 2.81 bits per heavy atom. The summed E-state index contributed by atoms with van der Waals surface area (Å²) < 4.78 is 11.2. The first kappa shape index (κ1) is 11.6. The molecule has 1 aliphatic heterocycles. The lowest BCUT2D eigenvalue weighted by molar-refractivity contribution is -0.116. The molecule has 1 aliphatic rings. The Hall–Kier alpha value is -0.910. The maximum atomic E-state index is 11.4. The maximum absolute atomic E-state index is 11.4. The third kappa shape index (κ3) is 1.86. The normalized spacial score (nSPS) is 16.1. The van der Waals surface area contributed by atoms with E-state index in [2.05, 4.69) is 0 Å². The Bertz CT molecular complexity index is 490. The first-order valence-electron chi connectivity index (χ1n) is 4.77. The van der Waals surface area contributed by atoms with Gasteiger partial charge < -0.3 is 4.90 Å². The number of amides is 1. The van der Waals surface area contributed by atoms with E-state index in [1.165, 1.54) is 6.92 Å². The second-order valence-corrected chi connectivity index (χ2v) is 5.07. The summed E-state index contributed by atoms with van der Waals surface area (Å²) in [5.74, 6) is -0.0326. The lowest BCUT2D eigenvalue weighted by Crippen LogP contribution is -2.25. The van der Waals surface area contributed by atoms with E-state index < -0.39 is 11.0 Å². The molecule has 4 nitrogen and oxygen atoms in total. The average Bonchev–Trinajstić information content (AvgIpc) is 2.58. The predicted octanol–water partition coefficient (Wildman–Crippen LogP) is 1.23. The number of nitrogens with two attached hydrogens (primary N) is 1. The summed E-state index contributed by atoms with van der Waals surface area (Å²) in [5, 5.41) is 5.71. The molecule has 16 heavy (non-hydrogen) atoms. The van der Waals surface area contributed by atoms with E-state index in [-0.39, 0.29) is 5.91 Å². The fraction of sp³-hybridized carbons (Fsp3) is 0.300. The fourth-order valence-electron chi connectivity index (χ4n) is 1.87. The van der Waals surface area contributed by atoms with Crippen LogP contribution in [-0.4, -0.2) is 16.7 Å². The van der Waals surface area contributed by atoms with Crippen molar-refractivity contribution in [2.24, 2.45) is 5.14 Å². The van der Waals surface area contributed by atoms with Crippen LogP contribution in [0.1, 0.15) is 12.5 Å². The Balaban J connectivity index is 2.54. The molecular formula is C10H11ClN2O2S. The molecule has 1 amide bonds. The van der Waals surface area contributed by atoms with Crippen molar-refractivity contribution < 1.29 is 9.00 Å². The number of carbonyl (C=O) groups excluding carboxylic acids is 1. The van der Waals surface area contributed by atoms with Gasteiger partial charge in [0.25, 0.3) is 0 Å². The smallest absolute Gasteiger partial charge is 0.223 e. The molecule has 0 saturated carbocycles. The topological polar surface area (TPSA) is 63.4 Å². The van der Waals surface area contributed by atoms with Gasteiger partial charge in [-0.1, -0.05) is 11.6 Å². The number of hydrogen-bond acceptors (Lipinski definition) is 2. The van der Waals surface area contributed by atoms with Gasteiger partial charge in [-0.25, -0.2) is 9.35 Å². The summed E-state index contributed by atoms with van der Waals surface area (Å²) in [7, 11) is -1.63. The van der Waals surface area contributed by atoms with Gasteiger partial charge in [0.15, 0.2) is 0 Å². The molecule has 1 heterocycles. The molecule has 0 aromatic heterocycles. The Morgan fingerprint density at radius 1 is 1.56 bits per heavy atom. The van der Waals surface area contributed by atoms with E-state index in [4.69, 9.17) is 16.7 Å². The molecule has 0 aliphatic carbocycles. The number of rotatable bonds is 1. The van der Waals surface area contributed by atoms with E-state index in [0.717, 1.165) is 17.7 Å². The summed E-state index contributed by atoms with van der Waals surface area (Å²) >= 11 is 5.95. The molecule has 2 rings (SSSR count). The second-order valence-electron chi connectivity index (χ2n) is 3.63. The van der Waals surface area contributed by atoms with Crippen LogP contribution in [0.15, 0.2) is 17.0 Å². The number of anilines is 1. The molecule has 86 valence electrons. The van der Waals surface area contributed by atoms with Gasteiger partial charge in [0.2, 0.25) is 5.91 Å². The summed E-state index contributed by atoms with van der Waals surface area (Å²) in [6.07, 6.45) is 0.770. The molecule has 0 spiro atoms. The molecule has 6 heteroatoms. The van der Waals surface area contributed by atoms with Crippen molar-refractivity contribution in [1.82, 2.24) is 0 Å². The molecule has 1 aromatic carbocycles. The number of benzene rings is 1. The molecule has 2 N–H and O–H groups in total. The zero-order chi connectivity index (χ0) is 11.9. The maximum Gasteiger partial charge on any atom is 0.223 e. The van der Waals surface area contributed by atoms with Crippen LogP contribution in [0.5, 0.6) is 0 Å². The van der Waals surface area contributed by atoms with E-state index >= 15 is 0 Å². The number of halogens is 1. The minimum Gasteiger partial charge on any atom is -0.312 e. The van der Waals surface area contributed by atoms with E-state index in [9.17, 15) is 9.00 Å². The van der Waals surface area contributed by atoms with Crippen LogP contribution < -0.4 is 10.0 Å².